The molecule has 1 N–H and O–H groups in total. The minimum Gasteiger partial charge on any atom is -0.456 e. The van der Waals surface area contributed by atoms with Crippen LogP contribution in [0.25, 0.3) is 0 Å². The Balaban J connectivity index is 2.22. The molecule has 0 spiro atoms. The van der Waals surface area contributed by atoms with E-state index in [0.29, 0.717) is 19.3 Å². The molecule has 6 heteroatoms. The third-order valence-electron chi connectivity index (χ3n) is 3.59. The zero-order chi connectivity index (χ0) is 16.0. The van der Waals surface area contributed by atoms with Crippen molar-refractivity contribution in [1.82, 2.24) is 4.72 Å². The van der Waals surface area contributed by atoms with Crippen LogP contribution in [0.15, 0.2) is 42.5 Å². The van der Waals surface area contributed by atoms with Crippen LogP contribution in [0.2, 0.25) is 0 Å². The Kier molecular flexibility index (Phi) is 5.74. The van der Waals surface area contributed by atoms with E-state index in [-0.39, 0.29) is 12.5 Å². The summed E-state index contributed by atoms with van der Waals surface area (Å²) in [4.78, 5) is 11.9. The number of allylic oxidation sites excluding steroid dienone is 2. The van der Waals surface area contributed by atoms with Crippen LogP contribution in [0.3, 0.4) is 0 Å². The number of cyclic esters (lactones) is 1. The smallest absolute Gasteiger partial charge is 0.306 e. The van der Waals surface area contributed by atoms with Gasteiger partial charge in [-0.1, -0.05) is 42.5 Å². The summed E-state index contributed by atoms with van der Waals surface area (Å²) in [6, 6.07) is 9.17. The molecule has 0 saturated carbocycles. The van der Waals surface area contributed by atoms with Crippen molar-refractivity contribution in [3.8, 4) is 0 Å². The molecular formula is C16H21NO4S. The molecule has 1 aliphatic heterocycles. The summed E-state index contributed by atoms with van der Waals surface area (Å²) in [6.45, 7) is 1.72. The highest BCUT2D eigenvalue weighted by Gasteiger charge is 2.24. The van der Waals surface area contributed by atoms with E-state index in [1.807, 2.05) is 36.4 Å². The molecule has 0 radical (unpaired) electrons. The van der Waals surface area contributed by atoms with E-state index in [1.54, 1.807) is 13.0 Å². The van der Waals surface area contributed by atoms with E-state index in [0.717, 1.165) is 5.56 Å². The fourth-order valence-electron chi connectivity index (χ4n) is 2.18. The van der Waals surface area contributed by atoms with Crippen molar-refractivity contribution in [2.45, 2.75) is 37.5 Å². The van der Waals surface area contributed by atoms with Crippen LogP contribution in [0.4, 0.5) is 0 Å². The fourth-order valence-corrected chi connectivity index (χ4v) is 3.21. The van der Waals surface area contributed by atoms with Crippen LogP contribution in [0.1, 0.15) is 37.9 Å². The lowest BCUT2D eigenvalue weighted by Gasteiger charge is -2.21. The number of ether oxygens (including phenoxy) is 1. The summed E-state index contributed by atoms with van der Waals surface area (Å²) in [5.41, 5.74) is 0.777. The van der Waals surface area contributed by atoms with E-state index < -0.39 is 21.4 Å². The quantitative estimate of drug-likeness (QED) is 0.636. The molecule has 0 fully saturated rings. The van der Waals surface area contributed by atoms with Gasteiger partial charge < -0.3 is 4.74 Å². The van der Waals surface area contributed by atoms with Crippen molar-refractivity contribution in [3.63, 3.8) is 0 Å². The molecule has 0 saturated heterocycles. The van der Waals surface area contributed by atoms with Crippen molar-refractivity contribution in [2.24, 2.45) is 0 Å². The second-order valence-corrected chi connectivity index (χ2v) is 7.52. The fraction of sp³-hybridized carbons (Fsp3) is 0.438. The first-order valence-electron chi connectivity index (χ1n) is 7.37. The van der Waals surface area contributed by atoms with Crippen molar-refractivity contribution in [1.29, 1.82) is 0 Å². The van der Waals surface area contributed by atoms with Gasteiger partial charge in [0.1, 0.15) is 6.10 Å². The van der Waals surface area contributed by atoms with E-state index in [4.69, 9.17) is 4.74 Å². The second-order valence-electron chi connectivity index (χ2n) is 5.34. The highest BCUT2D eigenvalue weighted by atomic mass is 32.2. The van der Waals surface area contributed by atoms with Crippen LogP contribution >= 0.6 is 0 Å². The Labute approximate surface area is 131 Å². The molecule has 0 amide bonds. The lowest BCUT2D eigenvalue weighted by Crippen LogP contribution is -2.36. The molecule has 1 aliphatic rings. The monoisotopic (exact) mass is 323 g/mol. The summed E-state index contributed by atoms with van der Waals surface area (Å²) in [7, 11) is -3.44. The first kappa shape index (κ1) is 16.7. The second kappa shape index (κ2) is 7.56. The number of nitrogens with one attached hydrogen (secondary N) is 1. The Hall–Kier alpha value is -1.66. The average Bonchev–Trinajstić information content (AvgIpc) is 2.50. The van der Waals surface area contributed by atoms with Crippen LogP contribution in [0.5, 0.6) is 0 Å². The van der Waals surface area contributed by atoms with Crippen molar-refractivity contribution >= 4 is 16.0 Å². The van der Waals surface area contributed by atoms with Gasteiger partial charge in [-0.05, 0) is 25.3 Å². The normalized spacial score (nSPS) is 26.5. The van der Waals surface area contributed by atoms with Gasteiger partial charge in [0.15, 0.2) is 0 Å². The van der Waals surface area contributed by atoms with E-state index in [9.17, 15) is 13.2 Å². The lowest BCUT2D eigenvalue weighted by molar-refractivity contribution is -0.149. The number of hydrogen-bond donors (Lipinski definition) is 1. The minimum absolute atomic E-state index is 0.0478. The van der Waals surface area contributed by atoms with Crippen molar-refractivity contribution in [3.05, 3.63) is 48.0 Å². The predicted molar refractivity (Wildman–Crippen MR) is 84.7 cm³/mol. The van der Waals surface area contributed by atoms with Crippen molar-refractivity contribution in [2.75, 3.05) is 6.54 Å². The Morgan fingerprint density at radius 2 is 1.91 bits per heavy atom. The lowest BCUT2D eigenvalue weighted by atomic mass is 10.1. The third-order valence-corrected chi connectivity index (χ3v) is 5.42. The molecule has 0 aliphatic carbocycles. The molecule has 0 aromatic heterocycles. The van der Waals surface area contributed by atoms with Crippen LogP contribution < -0.4 is 4.72 Å². The third kappa shape index (κ3) is 4.68. The van der Waals surface area contributed by atoms with Crippen LogP contribution in [-0.4, -0.2) is 26.2 Å². The number of esters is 1. The maximum Gasteiger partial charge on any atom is 0.306 e. The highest BCUT2D eigenvalue weighted by Crippen LogP contribution is 2.19. The summed E-state index contributed by atoms with van der Waals surface area (Å²) in [6.07, 6.45) is 4.29. The number of sulfonamides is 1. The Morgan fingerprint density at radius 3 is 2.64 bits per heavy atom. The molecule has 1 aromatic rings. The summed E-state index contributed by atoms with van der Waals surface area (Å²) in [5, 5.41) is -0.518. The molecule has 0 unspecified atom stereocenters. The molecule has 1 aromatic carbocycles. The van der Waals surface area contributed by atoms with Gasteiger partial charge in [0.05, 0.1) is 11.8 Å². The summed E-state index contributed by atoms with van der Waals surface area (Å²) in [5.74, 6) is -0.327. The van der Waals surface area contributed by atoms with E-state index >= 15 is 0 Å². The summed E-state index contributed by atoms with van der Waals surface area (Å²) < 4.78 is 32.4. The number of carbonyl (C=O) groups excluding carboxylic acids is 1. The van der Waals surface area contributed by atoms with Gasteiger partial charge in [-0.25, -0.2) is 13.1 Å². The first-order valence-corrected chi connectivity index (χ1v) is 8.91. The molecule has 120 valence electrons. The first-order chi connectivity index (χ1) is 10.5. The Bertz CT molecular complexity index is 625. The molecule has 1 heterocycles. The van der Waals surface area contributed by atoms with Gasteiger partial charge in [0, 0.05) is 6.42 Å². The number of hydrogen-bond acceptors (Lipinski definition) is 4. The zero-order valence-electron chi connectivity index (χ0n) is 12.6. The number of benzene rings is 1. The number of rotatable bonds is 1. The molecule has 22 heavy (non-hydrogen) atoms. The number of carbonyl (C=O) groups is 1. The van der Waals surface area contributed by atoms with Gasteiger partial charge >= 0.3 is 5.97 Å². The SMILES string of the molecule is C[C@@H]1CC=CCCC(=O)O[C@H](c2ccccc2)CNS1(=O)=O. The highest BCUT2D eigenvalue weighted by molar-refractivity contribution is 7.90. The van der Waals surface area contributed by atoms with Gasteiger partial charge in [0.25, 0.3) is 0 Å². The predicted octanol–water partition coefficient (Wildman–Crippen LogP) is 2.32. The van der Waals surface area contributed by atoms with Gasteiger partial charge in [-0.3, -0.25) is 4.79 Å². The van der Waals surface area contributed by atoms with Gasteiger partial charge in [0.2, 0.25) is 10.0 Å². The topological polar surface area (TPSA) is 72.5 Å². The van der Waals surface area contributed by atoms with Crippen LogP contribution in [-0.2, 0) is 19.6 Å². The van der Waals surface area contributed by atoms with Crippen molar-refractivity contribution < 1.29 is 17.9 Å². The standard InChI is InChI=1S/C16H21NO4S/c1-13-8-4-2-7-11-16(18)21-15(12-17-22(13,19)20)14-9-5-3-6-10-14/h2-6,9-10,13,15,17H,7-8,11-12H2,1H3/t13-,15+/m1/s1. The maximum absolute atomic E-state index is 12.2. The molecular weight excluding hydrogens is 302 g/mol. The minimum atomic E-state index is -3.44. The average molecular weight is 323 g/mol. The zero-order valence-corrected chi connectivity index (χ0v) is 13.4. The molecule has 5 nitrogen and oxygen atoms in total. The van der Waals surface area contributed by atoms with E-state index in [1.165, 1.54) is 0 Å². The van der Waals surface area contributed by atoms with E-state index in [2.05, 4.69) is 4.72 Å². The largest absolute Gasteiger partial charge is 0.456 e. The molecule has 2 atom stereocenters. The Morgan fingerprint density at radius 1 is 1.18 bits per heavy atom. The van der Waals surface area contributed by atoms with Gasteiger partial charge in [-0.2, -0.15) is 0 Å². The van der Waals surface area contributed by atoms with Gasteiger partial charge in [-0.15, -0.1) is 0 Å². The summed E-state index contributed by atoms with van der Waals surface area (Å²) >= 11 is 0. The molecule has 2 rings (SSSR count). The van der Waals surface area contributed by atoms with Crippen LogP contribution in [0, 0.1) is 0 Å². The molecule has 0 bridgehead atoms. The maximum atomic E-state index is 12.2.